The largest absolute Gasteiger partial charge is 0.443 e. The molecule has 1 aromatic rings. The van der Waals surface area contributed by atoms with Gasteiger partial charge in [-0.3, -0.25) is 9.79 Å². The molecule has 0 aromatic carbocycles. The molecule has 0 spiro atoms. The quantitative estimate of drug-likeness (QED) is 0.798. The molecule has 0 aliphatic carbocycles. The molecule has 0 N–H and O–H groups in total. The average Bonchev–Trinajstić information content (AvgIpc) is 2.98. The van der Waals surface area contributed by atoms with Crippen LogP contribution in [0.5, 0.6) is 0 Å². The van der Waals surface area contributed by atoms with Gasteiger partial charge in [0, 0.05) is 18.1 Å². The second kappa shape index (κ2) is 5.33. The number of aliphatic imine (C=N–C) groups is 1. The van der Waals surface area contributed by atoms with Gasteiger partial charge in [0.05, 0.1) is 23.5 Å². The molecule has 122 valence electrons. The molecule has 7 nitrogen and oxygen atoms in total. The highest BCUT2D eigenvalue weighted by Gasteiger charge is 2.37. The van der Waals surface area contributed by atoms with Gasteiger partial charge in [0.2, 0.25) is 0 Å². The van der Waals surface area contributed by atoms with E-state index in [9.17, 15) is 9.59 Å². The van der Waals surface area contributed by atoms with Crippen LogP contribution in [0.1, 0.15) is 56.6 Å². The van der Waals surface area contributed by atoms with Crippen LogP contribution >= 0.6 is 0 Å². The minimum Gasteiger partial charge on any atom is -0.443 e. The van der Waals surface area contributed by atoms with Crippen LogP contribution in [0.2, 0.25) is 0 Å². The number of hydrogen-bond donors (Lipinski definition) is 0. The van der Waals surface area contributed by atoms with Gasteiger partial charge in [-0.05, 0) is 40.5 Å². The summed E-state index contributed by atoms with van der Waals surface area (Å²) >= 11 is 0. The zero-order valence-corrected chi connectivity index (χ0v) is 13.8. The Bertz CT molecular complexity index is 737. The first-order valence-corrected chi connectivity index (χ1v) is 7.61. The first-order valence-electron chi connectivity index (χ1n) is 7.61. The third-order valence-corrected chi connectivity index (χ3v) is 3.66. The number of ether oxygens (including phenoxy) is 1. The van der Waals surface area contributed by atoms with E-state index in [1.165, 1.54) is 0 Å². The molecule has 0 radical (unpaired) electrons. The standard InChI is InChI=1S/C16H20N4O3/c1-10-5-6-11(7-17-10)20-8-12-13(18-20)9-19(14(12)21)15(22)23-16(2,3)4/h7-8H,5-6,9H2,1-4H3. The number of amides is 2. The normalized spacial score (nSPS) is 17.7. The van der Waals surface area contributed by atoms with E-state index >= 15 is 0 Å². The van der Waals surface area contributed by atoms with Crippen molar-refractivity contribution in [2.24, 2.45) is 4.99 Å². The SMILES string of the molecule is CC1=NC=C(n2cc3c(n2)CN(C(=O)OC(C)(C)C)C3=O)CC1. The minimum atomic E-state index is -0.639. The summed E-state index contributed by atoms with van der Waals surface area (Å²) in [5.41, 5.74) is 2.43. The number of nitrogens with zero attached hydrogens (tertiary/aromatic N) is 4. The van der Waals surface area contributed by atoms with Crippen molar-refractivity contribution in [3.63, 3.8) is 0 Å². The Morgan fingerprint density at radius 2 is 2.04 bits per heavy atom. The van der Waals surface area contributed by atoms with Gasteiger partial charge in [0.1, 0.15) is 5.60 Å². The summed E-state index contributed by atoms with van der Waals surface area (Å²) in [5, 5.41) is 4.43. The molecule has 0 saturated heterocycles. The van der Waals surface area contributed by atoms with E-state index in [0.29, 0.717) is 11.3 Å². The fraction of sp³-hybridized carbons (Fsp3) is 0.500. The van der Waals surface area contributed by atoms with E-state index in [4.69, 9.17) is 4.74 Å². The molecule has 2 aliphatic heterocycles. The smallest absolute Gasteiger partial charge is 0.417 e. The van der Waals surface area contributed by atoms with Gasteiger partial charge >= 0.3 is 6.09 Å². The molecular weight excluding hydrogens is 296 g/mol. The van der Waals surface area contributed by atoms with Gasteiger partial charge in [-0.1, -0.05) is 0 Å². The van der Waals surface area contributed by atoms with Crippen molar-refractivity contribution in [1.82, 2.24) is 14.7 Å². The van der Waals surface area contributed by atoms with Crippen molar-refractivity contribution >= 4 is 23.4 Å². The van der Waals surface area contributed by atoms with Gasteiger partial charge < -0.3 is 4.74 Å². The van der Waals surface area contributed by atoms with Crippen molar-refractivity contribution in [2.75, 3.05) is 0 Å². The van der Waals surface area contributed by atoms with Crippen LogP contribution in [0, 0.1) is 0 Å². The van der Waals surface area contributed by atoms with Crippen molar-refractivity contribution in [3.8, 4) is 0 Å². The van der Waals surface area contributed by atoms with Gasteiger partial charge in [-0.2, -0.15) is 5.10 Å². The summed E-state index contributed by atoms with van der Waals surface area (Å²) in [6, 6.07) is 0. The van der Waals surface area contributed by atoms with Crippen molar-refractivity contribution < 1.29 is 14.3 Å². The van der Waals surface area contributed by atoms with E-state index in [0.717, 1.165) is 29.2 Å². The predicted molar refractivity (Wildman–Crippen MR) is 85.0 cm³/mol. The monoisotopic (exact) mass is 316 g/mol. The summed E-state index contributed by atoms with van der Waals surface area (Å²) in [7, 11) is 0. The van der Waals surface area contributed by atoms with Crippen molar-refractivity contribution in [2.45, 2.75) is 52.7 Å². The number of allylic oxidation sites excluding steroid dienone is 1. The van der Waals surface area contributed by atoms with Gasteiger partial charge in [0.25, 0.3) is 5.91 Å². The molecule has 0 unspecified atom stereocenters. The minimum absolute atomic E-state index is 0.144. The Kier molecular flexibility index (Phi) is 3.58. The molecule has 0 bridgehead atoms. The first-order chi connectivity index (χ1) is 10.7. The number of fused-ring (bicyclic) bond motifs is 1. The Morgan fingerprint density at radius 1 is 1.30 bits per heavy atom. The highest BCUT2D eigenvalue weighted by molar-refractivity contribution is 6.06. The van der Waals surface area contributed by atoms with Crippen LogP contribution in [0.4, 0.5) is 4.79 Å². The Labute approximate surface area is 134 Å². The van der Waals surface area contributed by atoms with E-state index in [1.54, 1.807) is 37.8 Å². The van der Waals surface area contributed by atoms with Crippen LogP contribution < -0.4 is 0 Å². The number of aromatic nitrogens is 2. The van der Waals surface area contributed by atoms with E-state index in [-0.39, 0.29) is 12.5 Å². The lowest BCUT2D eigenvalue weighted by molar-refractivity contribution is 0.0246. The van der Waals surface area contributed by atoms with Crippen LogP contribution in [-0.2, 0) is 11.3 Å². The summed E-state index contributed by atoms with van der Waals surface area (Å²) < 4.78 is 6.94. The molecule has 7 heteroatoms. The number of hydrogen-bond acceptors (Lipinski definition) is 5. The van der Waals surface area contributed by atoms with E-state index < -0.39 is 11.7 Å². The maximum Gasteiger partial charge on any atom is 0.417 e. The van der Waals surface area contributed by atoms with Crippen LogP contribution in [0.3, 0.4) is 0 Å². The summed E-state index contributed by atoms with van der Waals surface area (Å²) in [6.07, 6.45) is 4.53. The molecule has 23 heavy (non-hydrogen) atoms. The van der Waals surface area contributed by atoms with Gasteiger partial charge in [-0.25, -0.2) is 14.4 Å². The van der Waals surface area contributed by atoms with Crippen LogP contribution in [-0.4, -0.2) is 38.0 Å². The molecule has 0 saturated carbocycles. The van der Waals surface area contributed by atoms with Gasteiger partial charge in [0.15, 0.2) is 0 Å². The second-order valence-electron chi connectivity index (χ2n) is 6.79. The molecule has 2 amide bonds. The molecular formula is C16H20N4O3. The molecule has 0 fully saturated rings. The van der Waals surface area contributed by atoms with Crippen LogP contribution in [0.15, 0.2) is 17.4 Å². The fourth-order valence-corrected chi connectivity index (χ4v) is 2.48. The average molecular weight is 316 g/mol. The van der Waals surface area contributed by atoms with E-state index in [2.05, 4.69) is 10.1 Å². The molecule has 3 rings (SSSR count). The fourth-order valence-electron chi connectivity index (χ4n) is 2.48. The Morgan fingerprint density at radius 3 is 2.61 bits per heavy atom. The lowest BCUT2D eigenvalue weighted by Gasteiger charge is -2.23. The predicted octanol–water partition coefficient (Wildman–Crippen LogP) is 2.83. The summed E-state index contributed by atoms with van der Waals surface area (Å²) in [4.78, 5) is 29.9. The Hall–Kier alpha value is -2.44. The topological polar surface area (TPSA) is 76.8 Å². The number of imide groups is 1. The molecule has 3 heterocycles. The van der Waals surface area contributed by atoms with Crippen molar-refractivity contribution in [1.29, 1.82) is 0 Å². The second-order valence-corrected chi connectivity index (χ2v) is 6.79. The highest BCUT2D eigenvalue weighted by atomic mass is 16.6. The van der Waals surface area contributed by atoms with Gasteiger partial charge in [-0.15, -0.1) is 0 Å². The highest BCUT2D eigenvalue weighted by Crippen LogP contribution is 2.26. The zero-order chi connectivity index (χ0) is 16.8. The number of carbonyl (C=O) groups is 2. The van der Waals surface area contributed by atoms with E-state index in [1.807, 2.05) is 6.92 Å². The summed E-state index contributed by atoms with van der Waals surface area (Å²) in [5.74, 6) is -0.364. The maximum atomic E-state index is 12.4. The Balaban J connectivity index is 1.78. The first kappa shape index (κ1) is 15.5. The third kappa shape index (κ3) is 3.04. The molecule has 1 aromatic heterocycles. The summed E-state index contributed by atoms with van der Waals surface area (Å²) in [6.45, 7) is 7.43. The van der Waals surface area contributed by atoms with Crippen molar-refractivity contribution in [3.05, 3.63) is 23.7 Å². The zero-order valence-electron chi connectivity index (χ0n) is 13.8. The third-order valence-electron chi connectivity index (χ3n) is 3.66. The molecule has 0 atom stereocenters. The molecule has 2 aliphatic rings. The lowest BCUT2D eigenvalue weighted by atomic mass is 10.1. The number of rotatable bonds is 1. The maximum absolute atomic E-state index is 12.4. The van der Waals surface area contributed by atoms with Crippen LogP contribution in [0.25, 0.3) is 5.70 Å². The number of carbonyl (C=O) groups excluding carboxylic acids is 2. The lowest BCUT2D eigenvalue weighted by Crippen LogP contribution is -2.37.